The maximum absolute atomic E-state index is 12.4. The average Bonchev–Trinajstić information content (AvgIpc) is 2.55. The summed E-state index contributed by atoms with van der Waals surface area (Å²) in [6.45, 7) is 2.12. The van der Waals surface area contributed by atoms with Gasteiger partial charge in [0.15, 0.2) is 5.78 Å². The monoisotopic (exact) mass is 318 g/mol. The van der Waals surface area contributed by atoms with E-state index >= 15 is 0 Å². The summed E-state index contributed by atoms with van der Waals surface area (Å²) in [6, 6.07) is 5.35. The van der Waals surface area contributed by atoms with Crippen molar-refractivity contribution in [3.05, 3.63) is 29.3 Å². The van der Waals surface area contributed by atoms with E-state index in [0.717, 1.165) is 24.8 Å². The molecular weight excluding hydrogens is 292 g/mol. The van der Waals surface area contributed by atoms with Crippen LogP contribution in [0.15, 0.2) is 18.2 Å². The second kappa shape index (κ2) is 8.11. The first-order valence-electron chi connectivity index (χ1n) is 8.22. The van der Waals surface area contributed by atoms with E-state index in [1.54, 1.807) is 25.3 Å². The summed E-state index contributed by atoms with van der Waals surface area (Å²) >= 11 is 0. The molecule has 3 N–H and O–H groups in total. The minimum absolute atomic E-state index is 0.0233. The molecule has 0 bridgehead atoms. The molecule has 23 heavy (non-hydrogen) atoms. The number of hydrogen-bond acceptors (Lipinski definition) is 4. The minimum atomic E-state index is -0.0469. The maximum Gasteiger partial charge on any atom is 0.224 e. The second-order valence-corrected chi connectivity index (χ2v) is 6.21. The number of amides is 1. The normalized spacial score (nSPS) is 20.8. The van der Waals surface area contributed by atoms with Crippen LogP contribution in [-0.2, 0) is 11.2 Å². The first-order chi connectivity index (χ1) is 11.0. The van der Waals surface area contributed by atoms with Crippen molar-refractivity contribution in [3.63, 3.8) is 0 Å². The predicted octanol–water partition coefficient (Wildman–Crippen LogP) is 2.07. The van der Waals surface area contributed by atoms with Gasteiger partial charge in [0.25, 0.3) is 0 Å². The number of ketones is 1. The van der Waals surface area contributed by atoms with Crippen molar-refractivity contribution in [2.24, 2.45) is 11.7 Å². The average molecular weight is 318 g/mol. The van der Waals surface area contributed by atoms with Gasteiger partial charge in [0.1, 0.15) is 5.75 Å². The van der Waals surface area contributed by atoms with E-state index in [9.17, 15) is 9.59 Å². The Bertz CT molecular complexity index is 571. The lowest BCUT2D eigenvalue weighted by atomic mass is 9.84. The van der Waals surface area contributed by atoms with Crippen LogP contribution in [0.1, 0.15) is 48.5 Å². The SMILES string of the molecule is COc1ccc(C(C)=O)cc1CC(=O)NC1CCCCC1CN. The summed E-state index contributed by atoms with van der Waals surface area (Å²) in [5, 5.41) is 3.11. The lowest BCUT2D eigenvalue weighted by molar-refractivity contribution is -0.121. The Morgan fingerprint density at radius 1 is 1.30 bits per heavy atom. The fourth-order valence-corrected chi connectivity index (χ4v) is 3.25. The van der Waals surface area contributed by atoms with Gasteiger partial charge in [-0.25, -0.2) is 0 Å². The van der Waals surface area contributed by atoms with E-state index in [-0.39, 0.29) is 24.2 Å². The summed E-state index contributed by atoms with van der Waals surface area (Å²) in [5.74, 6) is 0.918. The molecule has 2 rings (SSSR count). The third-order valence-corrected chi connectivity index (χ3v) is 4.60. The molecule has 0 radical (unpaired) electrons. The van der Waals surface area contributed by atoms with Gasteiger partial charge < -0.3 is 15.8 Å². The van der Waals surface area contributed by atoms with Crippen LogP contribution in [0.5, 0.6) is 5.75 Å². The van der Waals surface area contributed by atoms with Crippen LogP contribution < -0.4 is 15.8 Å². The van der Waals surface area contributed by atoms with E-state index in [0.29, 0.717) is 23.8 Å². The number of benzene rings is 1. The number of nitrogens with two attached hydrogens (primary N) is 1. The topological polar surface area (TPSA) is 81.4 Å². The highest BCUT2D eigenvalue weighted by Crippen LogP contribution is 2.24. The van der Waals surface area contributed by atoms with Crippen LogP contribution in [0.4, 0.5) is 0 Å². The zero-order valence-electron chi connectivity index (χ0n) is 13.9. The Hall–Kier alpha value is -1.88. The van der Waals surface area contributed by atoms with Gasteiger partial charge in [0.05, 0.1) is 13.5 Å². The third kappa shape index (κ3) is 4.55. The highest BCUT2D eigenvalue weighted by atomic mass is 16.5. The van der Waals surface area contributed by atoms with Gasteiger partial charge in [-0.3, -0.25) is 9.59 Å². The molecule has 0 aliphatic heterocycles. The number of methoxy groups -OCH3 is 1. The summed E-state index contributed by atoms with van der Waals surface area (Å²) in [7, 11) is 1.57. The van der Waals surface area contributed by atoms with Gasteiger partial charge in [-0.1, -0.05) is 12.8 Å². The van der Waals surface area contributed by atoms with Crippen LogP contribution >= 0.6 is 0 Å². The van der Waals surface area contributed by atoms with Gasteiger partial charge in [-0.15, -0.1) is 0 Å². The Kier molecular flexibility index (Phi) is 6.16. The molecule has 5 nitrogen and oxygen atoms in total. The Morgan fingerprint density at radius 3 is 2.70 bits per heavy atom. The Balaban J connectivity index is 2.07. The van der Waals surface area contributed by atoms with Gasteiger partial charge in [0.2, 0.25) is 5.91 Å². The third-order valence-electron chi connectivity index (χ3n) is 4.60. The molecule has 0 heterocycles. The molecule has 2 unspecified atom stereocenters. The smallest absolute Gasteiger partial charge is 0.224 e. The number of hydrogen-bond donors (Lipinski definition) is 2. The number of carbonyl (C=O) groups is 2. The van der Waals surface area contributed by atoms with Gasteiger partial charge in [-0.05, 0) is 50.4 Å². The highest BCUT2D eigenvalue weighted by Gasteiger charge is 2.25. The predicted molar refractivity (Wildman–Crippen MR) is 89.6 cm³/mol. The molecule has 0 aromatic heterocycles. The molecule has 0 spiro atoms. The van der Waals surface area contributed by atoms with Gasteiger partial charge >= 0.3 is 0 Å². The molecule has 1 amide bonds. The molecule has 1 aliphatic rings. The molecule has 1 aromatic carbocycles. The fourth-order valence-electron chi connectivity index (χ4n) is 3.25. The van der Waals surface area contributed by atoms with Crippen LogP contribution in [0, 0.1) is 5.92 Å². The molecule has 5 heteroatoms. The standard InChI is InChI=1S/C18H26N2O3/c1-12(21)13-7-8-17(23-2)15(9-13)10-18(22)20-16-6-4-3-5-14(16)11-19/h7-9,14,16H,3-6,10-11,19H2,1-2H3,(H,20,22). The molecular formula is C18H26N2O3. The van der Waals surface area contributed by atoms with E-state index in [2.05, 4.69) is 5.32 Å². The van der Waals surface area contributed by atoms with E-state index in [1.165, 1.54) is 13.3 Å². The van der Waals surface area contributed by atoms with E-state index < -0.39 is 0 Å². The Labute approximate surface area is 137 Å². The number of carbonyl (C=O) groups excluding carboxylic acids is 2. The molecule has 1 aliphatic carbocycles. The number of Topliss-reactive ketones (excluding diaryl/α,β-unsaturated/α-hetero) is 1. The van der Waals surface area contributed by atoms with Crippen molar-refractivity contribution < 1.29 is 14.3 Å². The van der Waals surface area contributed by atoms with Gasteiger partial charge in [0, 0.05) is 17.2 Å². The van der Waals surface area contributed by atoms with Crippen molar-refractivity contribution in [2.75, 3.05) is 13.7 Å². The zero-order chi connectivity index (χ0) is 16.8. The van der Waals surface area contributed by atoms with Crippen molar-refractivity contribution >= 4 is 11.7 Å². The number of ether oxygens (including phenoxy) is 1. The molecule has 1 saturated carbocycles. The molecule has 126 valence electrons. The highest BCUT2D eigenvalue weighted by molar-refractivity contribution is 5.94. The molecule has 1 fully saturated rings. The quantitative estimate of drug-likeness (QED) is 0.787. The van der Waals surface area contributed by atoms with Crippen LogP contribution in [0.25, 0.3) is 0 Å². The van der Waals surface area contributed by atoms with Crippen LogP contribution in [0.3, 0.4) is 0 Å². The first-order valence-corrected chi connectivity index (χ1v) is 8.22. The van der Waals surface area contributed by atoms with Crippen LogP contribution in [0.2, 0.25) is 0 Å². The number of rotatable bonds is 6. The fraction of sp³-hybridized carbons (Fsp3) is 0.556. The number of nitrogens with one attached hydrogen (secondary N) is 1. The van der Waals surface area contributed by atoms with Crippen molar-refractivity contribution in [1.82, 2.24) is 5.32 Å². The summed E-state index contributed by atoms with van der Waals surface area (Å²) in [5.41, 5.74) is 7.14. The Morgan fingerprint density at radius 2 is 2.04 bits per heavy atom. The first kappa shape index (κ1) is 17.5. The second-order valence-electron chi connectivity index (χ2n) is 6.21. The molecule has 0 saturated heterocycles. The largest absolute Gasteiger partial charge is 0.496 e. The summed E-state index contributed by atoms with van der Waals surface area (Å²) in [4.78, 5) is 23.9. The summed E-state index contributed by atoms with van der Waals surface area (Å²) in [6.07, 6.45) is 4.58. The van der Waals surface area contributed by atoms with Crippen molar-refractivity contribution in [2.45, 2.75) is 45.1 Å². The van der Waals surface area contributed by atoms with Crippen molar-refractivity contribution in [3.8, 4) is 5.75 Å². The lowest BCUT2D eigenvalue weighted by Gasteiger charge is -2.31. The molecule has 1 aromatic rings. The van der Waals surface area contributed by atoms with E-state index in [4.69, 9.17) is 10.5 Å². The molecule has 2 atom stereocenters. The maximum atomic E-state index is 12.4. The van der Waals surface area contributed by atoms with Crippen molar-refractivity contribution in [1.29, 1.82) is 0 Å². The zero-order valence-corrected chi connectivity index (χ0v) is 13.9. The lowest BCUT2D eigenvalue weighted by Crippen LogP contribution is -2.45. The van der Waals surface area contributed by atoms with Gasteiger partial charge in [-0.2, -0.15) is 0 Å². The van der Waals surface area contributed by atoms with E-state index in [1.807, 2.05) is 0 Å². The van der Waals surface area contributed by atoms with Crippen LogP contribution in [-0.4, -0.2) is 31.4 Å². The minimum Gasteiger partial charge on any atom is -0.496 e. The summed E-state index contributed by atoms with van der Waals surface area (Å²) < 4.78 is 5.30.